The van der Waals surface area contributed by atoms with Gasteiger partial charge < -0.3 is 15.4 Å². The van der Waals surface area contributed by atoms with Crippen LogP contribution in [0.2, 0.25) is 4.34 Å². The molecule has 1 aromatic carbocycles. The molecule has 2 amide bonds. The molecule has 1 fully saturated rings. The fourth-order valence-corrected chi connectivity index (χ4v) is 4.78. The van der Waals surface area contributed by atoms with Crippen LogP contribution < -0.4 is 10.6 Å². The smallest absolute Gasteiger partial charge is 0.308 e. The molecule has 0 saturated heterocycles. The molecule has 1 saturated carbocycles. The van der Waals surface area contributed by atoms with Gasteiger partial charge in [-0.25, -0.2) is 0 Å². The number of hydrogen-bond acceptors (Lipinski definition) is 7. The van der Waals surface area contributed by atoms with E-state index in [0.717, 1.165) is 11.3 Å². The summed E-state index contributed by atoms with van der Waals surface area (Å²) in [4.78, 5) is 47.5. The Morgan fingerprint density at radius 1 is 1.19 bits per heavy atom. The first-order valence-electron chi connectivity index (χ1n) is 9.98. The molecule has 0 radical (unpaired) electrons. The molecule has 2 N–H and O–H groups in total. The van der Waals surface area contributed by atoms with Gasteiger partial charge in [0.25, 0.3) is 11.6 Å². The number of nitrogens with one attached hydrogen (secondary N) is 2. The lowest BCUT2D eigenvalue weighted by molar-refractivity contribution is -0.384. The molecular weight excluding hydrogens is 458 g/mol. The van der Waals surface area contributed by atoms with Gasteiger partial charge in [0.15, 0.2) is 0 Å². The predicted octanol–water partition coefficient (Wildman–Crippen LogP) is 4.16. The number of nitrogens with zero attached hydrogens (tertiary/aromatic N) is 1. The van der Waals surface area contributed by atoms with Crippen LogP contribution in [0.3, 0.4) is 0 Å². The van der Waals surface area contributed by atoms with Crippen LogP contribution in [0.1, 0.15) is 41.6 Å². The van der Waals surface area contributed by atoms with Crippen LogP contribution in [-0.4, -0.2) is 29.8 Å². The highest BCUT2D eigenvalue weighted by atomic mass is 35.5. The molecule has 0 unspecified atom stereocenters. The Labute approximate surface area is 193 Å². The predicted molar refractivity (Wildman–Crippen MR) is 120 cm³/mol. The van der Waals surface area contributed by atoms with E-state index in [1.807, 2.05) is 0 Å². The van der Waals surface area contributed by atoms with E-state index in [1.54, 1.807) is 12.1 Å². The molecule has 3 rings (SSSR count). The maximum Gasteiger partial charge on any atom is 0.308 e. The van der Waals surface area contributed by atoms with Crippen molar-refractivity contribution >= 4 is 51.4 Å². The Morgan fingerprint density at radius 3 is 2.53 bits per heavy atom. The quantitative estimate of drug-likeness (QED) is 0.348. The van der Waals surface area contributed by atoms with Crippen molar-refractivity contribution in [1.29, 1.82) is 0 Å². The first-order valence-corrected chi connectivity index (χ1v) is 11.2. The molecule has 170 valence electrons. The molecular formula is C21H22ClN3O6S. The molecule has 0 aliphatic heterocycles. The molecule has 32 heavy (non-hydrogen) atoms. The average molecular weight is 480 g/mol. The topological polar surface area (TPSA) is 128 Å². The average Bonchev–Trinajstić information content (AvgIpc) is 3.17. The Kier molecular flexibility index (Phi) is 7.81. The third-order valence-corrected chi connectivity index (χ3v) is 6.57. The molecule has 0 spiro atoms. The summed E-state index contributed by atoms with van der Waals surface area (Å²) in [6.45, 7) is 0.0822. The van der Waals surface area contributed by atoms with Crippen molar-refractivity contribution in [2.45, 2.75) is 32.2 Å². The molecule has 0 bridgehead atoms. The van der Waals surface area contributed by atoms with Crippen LogP contribution in [0.5, 0.6) is 0 Å². The maximum absolute atomic E-state index is 12.7. The number of rotatable bonds is 7. The van der Waals surface area contributed by atoms with Gasteiger partial charge in [0.1, 0.15) is 5.00 Å². The Hall–Kier alpha value is -2.98. The molecule has 1 aliphatic rings. The van der Waals surface area contributed by atoms with E-state index in [1.165, 1.54) is 25.3 Å². The number of esters is 1. The number of non-ortho nitro benzene ring substituents is 1. The number of carbonyl (C=O) groups excluding carboxylic acids is 3. The fraction of sp³-hybridized carbons (Fsp3) is 0.381. The Balaban J connectivity index is 1.61. The minimum atomic E-state index is -0.504. The van der Waals surface area contributed by atoms with Crippen molar-refractivity contribution in [3.8, 4) is 0 Å². The van der Waals surface area contributed by atoms with E-state index in [9.17, 15) is 24.5 Å². The number of nitro benzene ring substituents is 1. The largest absolute Gasteiger partial charge is 0.469 e. The molecule has 1 aromatic heterocycles. The number of methoxy groups -OCH3 is 1. The molecule has 0 atom stereocenters. The van der Waals surface area contributed by atoms with Gasteiger partial charge in [0, 0.05) is 24.6 Å². The van der Waals surface area contributed by atoms with Gasteiger partial charge in [-0.15, -0.1) is 11.3 Å². The zero-order chi connectivity index (χ0) is 23.3. The van der Waals surface area contributed by atoms with E-state index in [-0.39, 0.29) is 41.5 Å². The summed E-state index contributed by atoms with van der Waals surface area (Å²) in [5, 5.41) is 16.7. The van der Waals surface area contributed by atoms with Crippen LogP contribution in [0, 0.1) is 22.0 Å². The van der Waals surface area contributed by atoms with E-state index < -0.39 is 10.8 Å². The normalized spacial score (nSPS) is 17.9. The molecule has 1 heterocycles. The number of nitro groups is 1. The van der Waals surface area contributed by atoms with Crippen LogP contribution in [-0.2, 0) is 20.9 Å². The number of benzene rings is 1. The number of thiophene rings is 1. The summed E-state index contributed by atoms with van der Waals surface area (Å²) in [5.74, 6) is -1.38. The zero-order valence-electron chi connectivity index (χ0n) is 17.3. The van der Waals surface area contributed by atoms with Crippen molar-refractivity contribution in [3.63, 3.8) is 0 Å². The summed E-state index contributed by atoms with van der Waals surface area (Å²) < 4.78 is 5.11. The minimum absolute atomic E-state index is 0.0646. The number of hydrogen-bond donors (Lipinski definition) is 2. The summed E-state index contributed by atoms with van der Waals surface area (Å²) in [6.07, 6.45) is 2.26. The van der Waals surface area contributed by atoms with E-state index >= 15 is 0 Å². The number of carbonyl (C=O) groups is 3. The van der Waals surface area contributed by atoms with Crippen LogP contribution >= 0.6 is 22.9 Å². The van der Waals surface area contributed by atoms with Crippen molar-refractivity contribution in [2.24, 2.45) is 11.8 Å². The molecule has 9 nitrogen and oxygen atoms in total. The number of amides is 2. The van der Waals surface area contributed by atoms with Crippen molar-refractivity contribution in [2.75, 3.05) is 12.4 Å². The van der Waals surface area contributed by atoms with Gasteiger partial charge >= 0.3 is 5.97 Å². The van der Waals surface area contributed by atoms with Crippen LogP contribution in [0.4, 0.5) is 10.7 Å². The second-order valence-electron chi connectivity index (χ2n) is 7.46. The number of anilines is 1. The third kappa shape index (κ3) is 5.83. The van der Waals surface area contributed by atoms with Gasteiger partial charge in [0.2, 0.25) is 5.91 Å². The first-order chi connectivity index (χ1) is 15.3. The molecule has 2 aromatic rings. The van der Waals surface area contributed by atoms with Crippen molar-refractivity contribution in [1.82, 2.24) is 5.32 Å². The highest BCUT2D eigenvalue weighted by Gasteiger charge is 2.31. The lowest BCUT2D eigenvalue weighted by Crippen LogP contribution is -2.30. The van der Waals surface area contributed by atoms with Crippen LogP contribution in [0.15, 0.2) is 30.3 Å². The second-order valence-corrected chi connectivity index (χ2v) is 9.15. The van der Waals surface area contributed by atoms with E-state index in [4.69, 9.17) is 16.3 Å². The summed E-state index contributed by atoms with van der Waals surface area (Å²) >= 11 is 7.16. The van der Waals surface area contributed by atoms with E-state index in [0.29, 0.717) is 40.6 Å². The summed E-state index contributed by atoms with van der Waals surface area (Å²) in [5.41, 5.74) is 0.731. The van der Waals surface area contributed by atoms with E-state index in [2.05, 4.69) is 10.6 Å². The number of halogens is 1. The van der Waals surface area contributed by atoms with Gasteiger partial charge in [-0.3, -0.25) is 24.5 Å². The molecule has 1 aliphatic carbocycles. The van der Waals surface area contributed by atoms with Crippen LogP contribution in [0.25, 0.3) is 0 Å². The molecule has 11 heteroatoms. The summed E-state index contributed by atoms with van der Waals surface area (Å²) in [6, 6.07) is 7.44. The number of ether oxygens (including phenoxy) is 1. The standard InChI is InChI=1S/C21H22ClN3O6S/c1-31-21(28)14-7-5-13(6-8-14)18(26)24-20-16(10-17(22)32-20)19(27)23-11-12-3-2-4-15(9-12)25(29)30/h2-4,9-10,13-14H,5-8,11H2,1H3,(H,23,27)(H,24,26). The first kappa shape index (κ1) is 23.7. The van der Waals surface area contributed by atoms with Gasteiger partial charge in [0.05, 0.1) is 27.9 Å². The third-order valence-electron chi connectivity index (χ3n) is 5.39. The zero-order valence-corrected chi connectivity index (χ0v) is 18.8. The monoisotopic (exact) mass is 479 g/mol. The lowest BCUT2D eigenvalue weighted by Gasteiger charge is -2.26. The lowest BCUT2D eigenvalue weighted by atomic mass is 9.81. The summed E-state index contributed by atoms with van der Waals surface area (Å²) in [7, 11) is 1.35. The highest BCUT2D eigenvalue weighted by Crippen LogP contribution is 2.34. The fourth-order valence-electron chi connectivity index (χ4n) is 3.65. The van der Waals surface area contributed by atoms with Gasteiger partial charge in [-0.2, -0.15) is 0 Å². The maximum atomic E-state index is 12.7. The second kappa shape index (κ2) is 10.6. The Morgan fingerprint density at radius 2 is 1.88 bits per heavy atom. The highest BCUT2D eigenvalue weighted by molar-refractivity contribution is 7.20. The minimum Gasteiger partial charge on any atom is -0.469 e. The SMILES string of the molecule is COC(=O)C1CCC(C(=O)Nc2sc(Cl)cc2C(=O)NCc2cccc([N+](=O)[O-])c2)CC1. The Bertz CT molecular complexity index is 1030. The van der Waals surface area contributed by atoms with Gasteiger partial charge in [-0.05, 0) is 37.3 Å². The van der Waals surface area contributed by atoms with Crippen molar-refractivity contribution < 1.29 is 24.0 Å². The van der Waals surface area contributed by atoms with Gasteiger partial charge in [-0.1, -0.05) is 23.7 Å². The van der Waals surface area contributed by atoms with Crippen molar-refractivity contribution in [3.05, 3.63) is 55.9 Å².